The van der Waals surface area contributed by atoms with E-state index in [1.54, 1.807) is 0 Å². The molecular weight excluding hydrogens is 176 g/mol. The van der Waals surface area contributed by atoms with Crippen molar-refractivity contribution in [3.8, 4) is 5.75 Å². The summed E-state index contributed by atoms with van der Waals surface area (Å²) in [6, 6.07) is 3.95. The minimum Gasteiger partial charge on any atom is -0.490 e. The molecule has 0 aliphatic heterocycles. The molecule has 1 fully saturated rings. The Kier molecular flexibility index (Phi) is 2.68. The van der Waals surface area contributed by atoms with Gasteiger partial charge in [-0.2, -0.15) is 0 Å². The molecule has 3 nitrogen and oxygen atoms in total. The van der Waals surface area contributed by atoms with E-state index in [1.165, 1.54) is 12.8 Å². The van der Waals surface area contributed by atoms with Gasteiger partial charge in [-0.15, -0.1) is 0 Å². The van der Waals surface area contributed by atoms with Crippen LogP contribution in [-0.2, 0) is 13.0 Å². The van der Waals surface area contributed by atoms with Crippen LogP contribution in [0.1, 0.15) is 31.2 Å². The molecule has 0 saturated heterocycles. The van der Waals surface area contributed by atoms with Crippen molar-refractivity contribution < 1.29 is 4.74 Å². The van der Waals surface area contributed by atoms with Crippen molar-refractivity contribution in [1.29, 1.82) is 0 Å². The van der Waals surface area contributed by atoms with E-state index in [0.717, 1.165) is 23.6 Å². The highest BCUT2D eigenvalue weighted by Crippen LogP contribution is 2.27. The molecule has 0 amide bonds. The van der Waals surface area contributed by atoms with Crippen LogP contribution >= 0.6 is 0 Å². The molecule has 1 aromatic rings. The Balaban J connectivity index is 2.19. The highest BCUT2D eigenvalue weighted by atomic mass is 16.5. The summed E-state index contributed by atoms with van der Waals surface area (Å²) in [7, 11) is 0. The van der Waals surface area contributed by atoms with E-state index in [2.05, 4.69) is 11.9 Å². The molecule has 0 bridgehead atoms. The molecule has 0 unspecified atom stereocenters. The zero-order valence-electron chi connectivity index (χ0n) is 8.49. The van der Waals surface area contributed by atoms with E-state index in [4.69, 9.17) is 10.5 Å². The van der Waals surface area contributed by atoms with Crippen LogP contribution < -0.4 is 10.5 Å². The zero-order valence-corrected chi connectivity index (χ0v) is 8.49. The van der Waals surface area contributed by atoms with Gasteiger partial charge in [0.2, 0.25) is 0 Å². The average Bonchev–Trinajstić information content (AvgIpc) is 3.01. The molecule has 0 spiro atoms. The minimum atomic E-state index is 0.438. The van der Waals surface area contributed by atoms with Crippen LogP contribution in [0.3, 0.4) is 0 Å². The van der Waals surface area contributed by atoms with Crippen molar-refractivity contribution >= 4 is 0 Å². The number of hydrogen-bond donors (Lipinski definition) is 1. The summed E-state index contributed by atoms with van der Waals surface area (Å²) in [4.78, 5) is 4.39. The van der Waals surface area contributed by atoms with E-state index < -0.39 is 0 Å². The van der Waals surface area contributed by atoms with Gasteiger partial charge in [0, 0.05) is 24.4 Å². The first kappa shape index (κ1) is 9.46. The van der Waals surface area contributed by atoms with Crippen LogP contribution in [0.25, 0.3) is 0 Å². The third-order valence-electron chi connectivity index (χ3n) is 2.30. The van der Waals surface area contributed by atoms with Gasteiger partial charge < -0.3 is 10.5 Å². The molecule has 2 rings (SSSR count). The fourth-order valence-electron chi connectivity index (χ4n) is 1.35. The van der Waals surface area contributed by atoms with Gasteiger partial charge in [-0.25, -0.2) is 0 Å². The Hall–Kier alpha value is -1.09. The fraction of sp³-hybridized carbons (Fsp3) is 0.545. The van der Waals surface area contributed by atoms with Crippen molar-refractivity contribution in [3.05, 3.63) is 23.5 Å². The summed E-state index contributed by atoms with van der Waals surface area (Å²) in [5, 5.41) is 0. The highest BCUT2D eigenvalue weighted by molar-refractivity contribution is 5.28. The van der Waals surface area contributed by atoms with Crippen LogP contribution in [-0.4, -0.2) is 11.1 Å². The Bertz CT molecular complexity index is 299. The van der Waals surface area contributed by atoms with E-state index in [0.29, 0.717) is 12.6 Å². The second kappa shape index (κ2) is 3.96. The lowest BCUT2D eigenvalue weighted by Gasteiger charge is -2.07. The second-order valence-corrected chi connectivity index (χ2v) is 3.66. The van der Waals surface area contributed by atoms with Crippen LogP contribution in [0, 0.1) is 0 Å². The van der Waals surface area contributed by atoms with Gasteiger partial charge in [-0.1, -0.05) is 6.92 Å². The topological polar surface area (TPSA) is 48.1 Å². The maximum Gasteiger partial charge on any atom is 0.123 e. The molecule has 0 atom stereocenters. The number of nitrogens with two attached hydrogens (primary N) is 1. The highest BCUT2D eigenvalue weighted by Gasteiger charge is 2.23. The molecular formula is C11H16N2O. The first-order valence-corrected chi connectivity index (χ1v) is 5.18. The van der Waals surface area contributed by atoms with Gasteiger partial charge in [0.1, 0.15) is 5.75 Å². The van der Waals surface area contributed by atoms with E-state index in [9.17, 15) is 0 Å². The Labute approximate surface area is 84.3 Å². The number of pyridine rings is 1. The zero-order chi connectivity index (χ0) is 9.97. The summed E-state index contributed by atoms with van der Waals surface area (Å²) in [6.07, 6.45) is 3.73. The summed E-state index contributed by atoms with van der Waals surface area (Å²) in [5.74, 6) is 0.930. The summed E-state index contributed by atoms with van der Waals surface area (Å²) >= 11 is 0. The van der Waals surface area contributed by atoms with Crippen LogP contribution in [0.5, 0.6) is 5.75 Å². The van der Waals surface area contributed by atoms with Crippen LogP contribution in [0.2, 0.25) is 0 Å². The van der Waals surface area contributed by atoms with Crippen molar-refractivity contribution in [2.24, 2.45) is 5.73 Å². The van der Waals surface area contributed by atoms with Crippen molar-refractivity contribution in [3.63, 3.8) is 0 Å². The summed E-state index contributed by atoms with van der Waals surface area (Å²) in [5.41, 5.74) is 7.55. The van der Waals surface area contributed by atoms with Gasteiger partial charge in [-0.05, 0) is 19.3 Å². The molecule has 3 heteroatoms. The van der Waals surface area contributed by atoms with E-state index in [-0.39, 0.29) is 0 Å². The Morgan fingerprint density at radius 1 is 1.43 bits per heavy atom. The molecule has 1 saturated carbocycles. The molecule has 1 aliphatic carbocycles. The smallest absolute Gasteiger partial charge is 0.123 e. The molecule has 0 aromatic carbocycles. The molecule has 1 heterocycles. The lowest BCUT2D eigenvalue weighted by atomic mass is 10.2. The van der Waals surface area contributed by atoms with Gasteiger partial charge >= 0.3 is 0 Å². The van der Waals surface area contributed by atoms with E-state index >= 15 is 0 Å². The van der Waals surface area contributed by atoms with Crippen molar-refractivity contribution in [2.45, 2.75) is 38.8 Å². The van der Waals surface area contributed by atoms with Gasteiger partial charge in [0.05, 0.1) is 11.8 Å². The van der Waals surface area contributed by atoms with Crippen molar-refractivity contribution in [2.75, 3.05) is 0 Å². The number of ether oxygens (including phenoxy) is 1. The quantitative estimate of drug-likeness (QED) is 0.789. The predicted molar refractivity (Wildman–Crippen MR) is 55.2 cm³/mol. The van der Waals surface area contributed by atoms with Crippen molar-refractivity contribution in [1.82, 2.24) is 4.98 Å². The Morgan fingerprint density at radius 3 is 2.71 bits per heavy atom. The summed E-state index contributed by atoms with van der Waals surface area (Å²) in [6.45, 7) is 2.57. The van der Waals surface area contributed by atoms with Gasteiger partial charge in [0.15, 0.2) is 0 Å². The third-order valence-corrected chi connectivity index (χ3v) is 2.30. The first-order chi connectivity index (χ1) is 6.81. The molecule has 76 valence electrons. The maximum atomic E-state index is 5.71. The molecule has 1 aliphatic rings. The maximum absolute atomic E-state index is 5.71. The van der Waals surface area contributed by atoms with E-state index in [1.807, 2.05) is 12.1 Å². The number of hydrogen-bond acceptors (Lipinski definition) is 3. The fourth-order valence-corrected chi connectivity index (χ4v) is 1.35. The predicted octanol–water partition coefficient (Wildman–Crippen LogP) is 1.64. The largest absolute Gasteiger partial charge is 0.490 e. The molecule has 1 aromatic heterocycles. The molecule has 2 N–H and O–H groups in total. The van der Waals surface area contributed by atoms with Gasteiger partial charge in [-0.3, -0.25) is 4.98 Å². The first-order valence-electron chi connectivity index (χ1n) is 5.18. The molecule has 14 heavy (non-hydrogen) atoms. The SMILES string of the molecule is CCc1cc(OC2CC2)cc(CN)n1. The monoisotopic (exact) mass is 192 g/mol. The number of aromatic nitrogens is 1. The lowest BCUT2D eigenvalue weighted by Crippen LogP contribution is -2.04. The third kappa shape index (κ3) is 2.23. The summed E-state index contributed by atoms with van der Waals surface area (Å²) < 4.78 is 5.71. The number of rotatable bonds is 4. The molecule has 0 radical (unpaired) electrons. The van der Waals surface area contributed by atoms with Crippen LogP contribution in [0.15, 0.2) is 12.1 Å². The van der Waals surface area contributed by atoms with Crippen LogP contribution in [0.4, 0.5) is 0 Å². The standard InChI is InChI=1S/C11H16N2O/c1-2-8-5-11(14-10-3-4-10)6-9(7-12)13-8/h5-6,10H,2-4,7,12H2,1H3. The number of aryl methyl sites for hydroxylation is 1. The average molecular weight is 192 g/mol. The number of nitrogens with zero attached hydrogens (tertiary/aromatic N) is 1. The Morgan fingerprint density at radius 2 is 2.14 bits per heavy atom. The van der Waals surface area contributed by atoms with Gasteiger partial charge in [0.25, 0.3) is 0 Å². The minimum absolute atomic E-state index is 0.438. The normalized spacial score (nSPS) is 15.6. The second-order valence-electron chi connectivity index (χ2n) is 3.66. The lowest BCUT2D eigenvalue weighted by molar-refractivity contribution is 0.302.